The van der Waals surface area contributed by atoms with Crippen molar-refractivity contribution in [1.29, 1.82) is 0 Å². The first-order chi connectivity index (χ1) is 16.2. The van der Waals surface area contributed by atoms with E-state index in [0.29, 0.717) is 22.1 Å². The van der Waals surface area contributed by atoms with Crippen molar-refractivity contribution in [3.8, 4) is 11.5 Å². The van der Waals surface area contributed by atoms with E-state index in [4.69, 9.17) is 9.47 Å². The van der Waals surface area contributed by atoms with Gasteiger partial charge in [0.2, 0.25) is 12.7 Å². The van der Waals surface area contributed by atoms with Gasteiger partial charge in [0, 0.05) is 17.8 Å². The lowest BCUT2D eigenvalue weighted by molar-refractivity contribution is -0.123. The monoisotopic (exact) mass is 462 g/mol. The van der Waals surface area contributed by atoms with Crippen molar-refractivity contribution in [2.75, 3.05) is 11.7 Å². The third kappa shape index (κ3) is 4.59. The number of thiophene rings is 1. The molecule has 3 aromatic rings. The van der Waals surface area contributed by atoms with Gasteiger partial charge in [-0.05, 0) is 42.0 Å². The minimum Gasteiger partial charge on any atom is -0.454 e. The molecule has 1 atom stereocenters. The van der Waals surface area contributed by atoms with E-state index < -0.39 is 6.04 Å². The van der Waals surface area contributed by atoms with Crippen LogP contribution in [0.5, 0.6) is 11.5 Å². The van der Waals surface area contributed by atoms with E-state index in [1.54, 1.807) is 23.1 Å². The van der Waals surface area contributed by atoms with Gasteiger partial charge in [0.25, 0.3) is 5.91 Å². The Morgan fingerprint density at radius 1 is 0.939 bits per heavy atom. The molecule has 0 saturated heterocycles. The van der Waals surface area contributed by atoms with Crippen LogP contribution >= 0.6 is 11.3 Å². The smallest absolute Gasteiger partial charge is 0.269 e. The van der Waals surface area contributed by atoms with E-state index in [9.17, 15) is 9.59 Å². The zero-order chi connectivity index (χ0) is 22.6. The van der Waals surface area contributed by atoms with Gasteiger partial charge in [-0.15, -0.1) is 11.3 Å². The van der Waals surface area contributed by atoms with Crippen molar-refractivity contribution in [3.63, 3.8) is 0 Å². The number of fused-ring (bicyclic) bond motifs is 1. The number of nitrogens with zero attached hydrogens (tertiary/aromatic N) is 1. The molecule has 1 fully saturated rings. The molecule has 2 aromatic carbocycles. The predicted molar refractivity (Wildman–Crippen MR) is 128 cm³/mol. The highest BCUT2D eigenvalue weighted by Crippen LogP contribution is 2.39. The average molecular weight is 463 g/mol. The van der Waals surface area contributed by atoms with Crippen molar-refractivity contribution in [2.45, 2.75) is 44.2 Å². The first-order valence-electron chi connectivity index (χ1n) is 11.3. The number of nitrogens with one attached hydrogen (secondary N) is 1. The summed E-state index contributed by atoms with van der Waals surface area (Å²) in [5.74, 6) is 0.799. The van der Waals surface area contributed by atoms with Crippen LogP contribution in [0.1, 0.15) is 53.4 Å². The maximum absolute atomic E-state index is 13.8. The van der Waals surface area contributed by atoms with E-state index in [-0.39, 0.29) is 24.6 Å². The lowest BCUT2D eigenvalue weighted by atomic mass is 9.94. The Balaban J connectivity index is 1.57. The molecule has 1 N–H and O–H groups in total. The highest BCUT2D eigenvalue weighted by molar-refractivity contribution is 7.12. The molecule has 7 heteroatoms. The Morgan fingerprint density at radius 3 is 2.48 bits per heavy atom. The van der Waals surface area contributed by atoms with E-state index >= 15 is 0 Å². The molecule has 0 radical (unpaired) electrons. The summed E-state index contributed by atoms with van der Waals surface area (Å²) in [5, 5.41) is 5.10. The fraction of sp³-hybridized carbons (Fsp3) is 0.308. The number of benzene rings is 2. The molecule has 1 aliphatic carbocycles. The second kappa shape index (κ2) is 9.67. The molecule has 2 heterocycles. The SMILES string of the molecule is O=C(NC1CCCCC1)[C@H](c1ccccc1)N(C(=O)c1cccs1)c1ccc2c(c1)OCO2. The summed E-state index contributed by atoms with van der Waals surface area (Å²) in [6.45, 7) is 0.141. The van der Waals surface area contributed by atoms with Crippen LogP contribution < -0.4 is 19.7 Å². The number of rotatable bonds is 6. The van der Waals surface area contributed by atoms with Crippen LogP contribution in [0.25, 0.3) is 0 Å². The Labute approximate surface area is 197 Å². The topological polar surface area (TPSA) is 67.9 Å². The quantitative estimate of drug-likeness (QED) is 0.539. The van der Waals surface area contributed by atoms with Gasteiger partial charge in [-0.3, -0.25) is 14.5 Å². The van der Waals surface area contributed by atoms with E-state index in [2.05, 4.69) is 5.32 Å². The van der Waals surface area contributed by atoms with Gasteiger partial charge in [0.15, 0.2) is 11.5 Å². The molecule has 1 aromatic heterocycles. The molecule has 1 aliphatic heterocycles. The molecule has 0 unspecified atom stereocenters. The number of hydrogen-bond donors (Lipinski definition) is 1. The van der Waals surface area contributed by atoms with Crippen molar-refractivity contribution in [2.24, 2.45) is 0 Å². The van der Waals surface area contributed by atoms with Crippen molar-refractivity contribution in [1.82, 2.24) is 5.32 Å². The van der Waals surface area contributed by atoms with Crippen LogP contribution in [0.2, 0.25) is 0 Å². The summed E-state index contributed by atoms with van der Waals surface area (Å²) in [5.41, 5.74) is 1.35. The van der Waals surface area contributed by atoms with Crippen molar-refractivity contribution < 1.29 is 19.1 Å². The fourth-order valence-electron chi connectivity index (χ4n) is 4.52. The highest BCUT2D eigenvalue weighted by Gasteiger charge is 2.35. The van der Waals surface area contributed by atoms with Gasteiger partial charge in [0.1, 0.15) is 6.04 Å². The van der Waals surface area contributed by atoms with E-state index in [1.807, 2.05) is 47.8 Å². The Bertz CT molecular complexity index is 1110. The predicted octanol–water partition coefficient (Wildman–Crippen LogP) is 5.31. The van der Waals surface area contributed by atoms with Crippen LogP contribution in [0.15, 0.2) is 66.0 Å². The Kier molecular flexibility index (Phi) is 6.30. The number of carbonyl (C=O) groups excluding carboxylic acids is 2. The van der Waals surface area contributed by atoms with Gasteiger partial charge in [-0.25, -0.2) is 0 Å². The molecule has 1 saturated carbocycles. The summed E-state index contributed by atoms with van der Waals surface area (Å²) in [7, 11) is 0. The van der Waals surface area contributed by atoms with Gasteiger partial charge < -0.3 is 14.8 Å². The van der Waals surface area contributed by atoms with E-state index in [0.717, 1.165) is 31.2 Å². The third-order valence-corrected chi connectivity index (χ3v) is 7.02. The second-order valence-electron chi connectivity index (χ2n) is 8.35. The highest BCUT2D eigenvalue weighted by atomic mass is 32.1. The van der Waals surface area contributed by atoms with Crippen LogP contribution in [0.4, 0.5) is 5.69 Å². The number of hydrogen-bond acceptors (Lipinski definition) is 5. The summed E-state index contributed by atoms with van der Waals surface area (Å²) in [6, 6.07) is 17.8. The Morgan fingerprint density at radius 2 is 1.73 bits per heavy atom. The van der Waals surface area contributed by atoms with Crippen LogP contribution in [0.3, 0.4) is 0 Å². The molecule has 6 nitrogen and oxygen atoms in total. The van der Waals surface area contributed by atoms with E-state index in [1.165, 1.54) is 17.8 Å². The summed E-state index contributed by atoms with van der Waals surface area (Å²) >= 11 is 1.36. The summed E-state index contributed by atoms with van der Waals surface area (Å²) in [6.07, 6.45) is 5.36. The van der Waals surface area contributed by atoms with Gasteiger partial charge >= 0.3 is 0 Å². The molecule has 0 spiro atoms. The summed E-state index contributed by atoms with van der Waals surface area (Å²) < 4.78 is 11.0. The maximum atomic E-state index is 13.8. The lowest BCUT2D eigenvalue weighted by Crippen LogP contribution is -2.47. The minimum atomic E-state index is -0.817. The third-order valence-electron chi connectivity index (χ3n) is 6.16. The maximum Gasteiger partial charge on any atom is 0.269 e. The second-order valence-corrected chi connectivity index (χ2v) is 9.29. The number of anilines is 1. The molecule has 170 valence electrons. The Hall–Kier alpha value is -3.32. The fourth-order valence-corrected chi connectivity index (χ4v) is 5.18. The zero-order valence-corrected chi connectivity index (χ0v) is 19.1. The lowest BCUT2D eigenvalue weighted by Gasteiger charge is -2.33. The number of carbonyl (C=O) groups is 2. The molecular weight excluding hydrogens is 436 g/mol. The molecular formula is C26H26N2O4S. The first kappa shape index (κ1) is 21.5. The number of ether oxygens (including phenoxy) is 2. The van der Waals surface area contributed by atoms with Crippen LogP contribution in [-0.4, -0.2) is 24.6 Å². The van der Waals surface area contributed by atoms with Gasteiger partial charge in [-0.2, -0.15) is 0 Å². The van der Waals surface area contributed by atoms with Gasteiger partial charge in [0.05, 0.1) is 4.88 Å². The van der Waals surface area contributed by atoms with Crippen LogP contribution in [-0.2, 0) is 4.79 Å². The van der Waals surface area contributed by atoms with Crippen molar-refractivity contribution >= 4 is 28.8 Å². The molecule has 33 heavy (non-hydrogen) atoms. The molecule has 2 amide bonds. The first-order valence-corrected chi connectivity index (χ1v) is 12.2. The average Bonchev–Trinajstić information content (AvgIpc) is 3.55. The normalized spacial score (nSPS) is 16.2. The molecule has 5 rings (SSSR count). The van der Waals surface area contributed by atoms with Crippen LogP contribution in [0, 0.1) is 0 Å². The zero-order valence-electron chi connectivity index (χ0n) is 18.2. The molecule has 2 aliphatic rings. The standard InChI is InChI=1S/C26H26N2O4S/c29-25(27-19-10-5-2-6-11-19)24(18-8-3-1-4-9-18)28(26(30)23-12-7-15-33-23)20-13-14-21-22(16-20)32-17-31-21/h1,3-4,7-9,12-16,19,24H,2,5-6,10-11,17H2,(H,27,29)/t24-/m0/s1. The largest absolute Gasteiger partial charge is 0.454 e. The number of amides is 2. The molecule has 0 bridgehead atoms. The van der Waals surface area contributed by atoms with Gasteiger partial charge in [-0.1, -0.05) is 55.7 Å². The van der Waals surface area contributed by atoms with Crippen molar-refractivity contribution in [3.05, 3.63) is 76.5 Å². The minimum absolute atomic E-state index is 0.132. The summed E-state index contributed by atoms with van der Waals surface area (Å²) in [4.78, 5) is 29.7.